The summed E-state index contributed by atoms with van der Waals surface area (Å²) in [6, 6.07) is 17.2. The van der Waals surface area contributed by atoms with Gasteiger partial charge in [-0.05, 0) is 43.8 Å². The van der Waals surface area contributed by atoms with E-state index in [1.807, 2.05) is 36.4 Å². The highest BCUT2D eigenvalue weighted by Crippen LogP contribution is 2.32. The number of rotatable bonds is 8. The second-order valence-corrected chi connectivity index (χ2v) is 8.36. The number of carboxylic acids is 1. The molecule has 0 saturated carbocycles. The third kappa shape index (κ3) is 6.80. The summed E-state index contributed by atoms with van der Waals surface area (Å²) >= 11 is 1.10. The van der Waals surface area contributed by atoms with Crippen LogP contribution in [0.15, 0.2) is 60.7 Å². The molecule has 0 spiro atoms. The Morgan fingerprint density at radius 2 is 1.59 bits per heavy atom. The number of hydrogen-bond acceptors (Lipinski definition) is 5. The first-order valence-electron chi connectivity index (χ1n) is 9.22. The number of carbonyl (C=O) groups is 2. The Kier molecular flexibility index (Phi) is 8.10. The minimum absolute atomic E-state index is 0.412. The van der Waals surface area contributed by atoms with Gasteiger partial charge >= 0.3 is 12.1 Å². The molecule has 0 bridgehead atoms. The maximum absolute atomic E-state index is 12.9. The zero-order valence-electron chi connectivity index (χ0n) is 17.1. The Balaban J connectivity index is 2.37. The molecule has 0 aliphatic rings. The Bertz CT molecular complexity index is 792. The molecule has 2 aromatic rings. The van der Waals surface area contributed by atoms with Crippen LogP contribution in [-0.2, 0) is 20.0 Å². The standard InChI is InChI=1S/C22H27NO5S/c1-22(2,3)28-21(26)23(29-15-16-11-7-5-8-12-16)18(20(24)25)19(27-4)17-13-9-6-10-14-17/h5-14,18-19H,15H2,1-4H3,(H,24,25)/t18-,19?/m1/s1. The lowest BCUT2D eigenvalue weighted by Gasteiger charge is -2.34. The molecule has 0 heterocycles. The Morgan fingerprint density at radius 1 is 1.03 bits per heavy atom. The zero-order valence-corrected chi connectivity index (χ0v) is 17.9. The number of carboxylic acid groups (broad SMARTS) is 1. The van der Waals surface area contributed by atoms with Gasteiger partial charge < -0.3 is 14.6 Å². The molecule has 2 atom stereocenters. The molecule has 7 heteroatoms. The summed E-state index contributed by atoms with van der Waals surface area (Å²) in [6.45, 7) is 5.23. The van der Waals surface area contributed by atoms with Crippen LogP contribution < -0.4 is 0 Å². The van der Waals surface area contributed by atoms with Crippen LogP contribution in [0.5, 0.6) is 0 Å². The van der Waals surface area contributed by atoms with Crippen molar-refractivity contribution in [3.63, 3.8) is 0 Å². The van der Waals surface area contributed by atoms with Crippen molar-refractivity contribution in [1.29, 1.82) is 0 Å². The third-order valence-electron chi connectivity index (χ3n) is 3.96. The van der Waals surface area contributed by atoms with E-state index >= 15 is 0 Å². The van der Waals surface area contributed by atoms with Gasteiger partial charge in [-0.2, -0.15) is 0 Å². The monoisotopic (exact) mass is 417 g/mol. The lowest BCUT2D eigenvalue weighted by Crippen LogP contribution is -2.47. The van der Waals surface area contributed by atoms with Gasteiger partial charge in [-0.15, -0.1) is 0 Å². The first kappa shape index (κ1) is 22.8. The SMILES string of the molecule is COC(c1ccccc1)[C@H](C(=O)O)N(SCc1ccccc1)C(=O)OC(C)(C)C. The van der Waals surface area contributed by atoms with E-state index in [2.05, 4.69) is 0 Å². The number of benzene rings is 2. The summed E-state index contributed by atoms with van der Waals surface area (Å²) in [5.74, 6) is -0.762. The van der Waals surface area contributed by atoms with Gasteiger partial charge in [-0.1, -0.05) is 60.7 Å². The molecule has 2 rings (SSSR count). The van der Waals surface area contributed by atoms with E-state index in [-0.39, 0.29) is 0 Å². The normalized spacial score (nSPS) is 13.4. The highest BCUT2D eigenvalue weighted by molar-refractivity contribution is 7.96. The fourth-order valence-electron chi connectivity index (χ4n) is 2.71. The van der Waals surface area contributed by atoms with E-state index < -0.39 is 29.8 Å². The Morgan fingerprint density at radius 3 is 2.07 bits per heavy atom. The van der Waals surface area contributed by atoms with E-state index in [1.54, 1.807) is 45.0 Å². The molecule has 0 aliphatic carbocycles. The first-order chi connectivity index (χ1) is 13.7. The first-order valence-corrected chi connectivity index (χ1v) is 10.2. The van der Waals surface area contributed by atoms with Crippen molar-refractivity contribution in [2.24, 2.45) is 0 Å². The number of aliphatic carboxylic acids is 1. The lowest BCUT2D eigenvalue weighted by molar-refractivity contribution is -0.146. The quantitative estimate of drug-likeness (QED) is 0.615. The van der Waals surface area contributed by atoms with Crippen molar-refractivity contribution in [3.8, 4) is 0 Å². The van der Waals surface area contributed by atoms with Crippen molar-refractivity contribution in [2.75, 3.05) is 7.11 Å². The van der Waals surface area contributed by atoms with Crippen molar-refractivity contribution in [1.82, 2.24) is 4.31 Å². The summed E-state index contributed by atoms with van der Waals surface area (Å²) < 4.78 is 12.2. The fraction of sp³-hybridized carbons (Fsp3) is 0.364. The second-order valence-electron chi connectivity index (χ2n) is 7.42. The largest absolute Gasteiger partial charge is 0.480 e. The number of carbonyl (C=O) groups excluding carboxylic acids is 1. The molecular formula is C22H27NO5S. The smallest absolute Gasteiger partial charge is 0.421 e. The maximum Gasteiger partial charge on any atom is 0.421 e. The van der Waals surface area contributed by atoms with Crippen LogP contribution in [0, 0.1) is 0 Å². The van der Waals surface area contributed by atoms with Gasteiger partial charge in [0.2, 0.25) is 0 Å². The van der Waals surface area contributed by atoms with Gasteiger partial charge in [0.25, 0.3) is 0 Å². The van der Waals surface area contributed by atoms with Crippen molar-refractivity contribution in [2.45, 2.75) is 44.3 Å². The summed E-state index contributed by atoms with van der Waals surface area (Å²) in [5.41, 5.74) is 0.862. The molecule has 1 N–H and O–H groups in total. The summed E-state index contributed by atoms with van der Waals surface area (Å²) in [7, 11) is 1.43. The number of hydrogen-bond donors (Lipinski definition) is 1. The highest BCUT2D eigenvalue weighted by Gasteiger charge is 2.40. The van der Waals surface area contributed by atoms with E-state index in [4.69, 9.17) is 9.47 Å². The number of methoxy groups -OCH3 is 1. The minimum atomic E-state index is -1.27. The predicted molar refractivity (Wildman–Crippen MR) is 113 cm³/mol. The molecule has 1 unspecified atom stereocenters. The average Bonchev–Trinajstić information content (AvgIpc) is 2.67. The van der Waals surface area contributed by atoms with Crippen molar-refractivity contribution in [3.05, 3.63) is 71.8 Å². The number of amides is 1. The molecule has 29 heavy (non-hydrogen) atoms. The van der Waals surface area contributed by atoms with Crippen molar-refractivity contribution >= 4 is 24.0 Å². The fourth-order valence-corrected chi connectivity index (χ4v) is 3.70. The molecule has 0 saturated heterocycles. The highest BCUT2D eigenvalue weighted by atomic mass is 32.2. The van der Waals surface area contributed by atoms with Crippen LogP contribution in [0.4, 0.5) is 4.79 Å². The van der Waals surface area contributed by atoms with Gasteiger partial charge in [0, 0.05) is 12.9 Å². The molecule has 0 radical (unpaired) electrons. The number of nitrogens with zero attached hydrogens (tertiary/aromatic N) is 1. The molecule has 1 amide bonds. The van der Waals surface area contributed by atoms with Crippen LogP contribution in [-0.4, -0.2) is 40.2 Å². The van der Waals surface area contributed by atoms with E-state index in [9.17, 15) is 14.7 Å². The molecule has 0 aliphatic heterocycles. The molecule has 0 fully saturated rings. The topological polar surface area (TPSA) is 76.1 Å². The van der Waals surface area contributed by atoms with Crippen LogP contribution in [0.1, 0.15) is 38.0 Å². The van der Waals surface area contributed by atoms with Crippen LogP contribution >= 0.6 is 11.9 Å². The van der Waals surface area contributed by atoms with Crippen LogP contribution in [0.25, 0.3) is 0 Å². The van der Waals surface area contributed by atoms with E-state index in [0.29, 0.717) is 11.3 Å². The Hall–Kier alpha value is -2.51. The molecule has 156 valence electrons. The zero-order chi connectivity index (χ0) is 21.4. The van der Waals surface area contributed by atoms with Crippen LogP contribution in [0.2, 0.25) is 0 Å². The average molecular weight is 418 g/mol. The summed E-state index contributed by atoms with van der Waals surface area (Å²) in [6.07, 6.45) is -1.58. The lowest BCUT2D eigenvalue weighted by atomic mass is 10.0. The predicted octanol–water partition coefficient (Wildman–Crippen LogP) is 4.91. The molecular weight excluding hydrogens is 390 g/mol. The summed E-state index contributed by atoms with van der Waals surface area (Å²) in [5, 5.41) is 10.0. The van der Waals surface area contributed by atoms with Crippen molar-refractivity contribution < 1.29 is 24.2 Å². The van der Waals surface area contributed by atoms with Gasteiger partial charge in [-0.25, -0.2) is 13.9 Å². The van der Waals surface area contributed by atoms with Gasteiger partial charge in [0.15, 0.2) is 6.04 Å². The van der Waals surface area contributed by atoms with Crippen LogP contribution in [0.3, 0.4) is 0 Å². The van der Waals surface area contributed by atoms with Gasteiger partial charge in [0.05, 0.1) is 0 Å². The minimum Gasteiger partial charge on any atom is -0.480 e. The van der Waals surface area contributed by atoms with E-state index in [0.717, 1.165) is 17.5 Å². The summed E-state index contributed by atoms with van der Waals surface area (Å²) in [4.78, 5) is 25.2. The van der Waals surface area contributed by atoms with E-state index in [1.165, 1.54) is 11.4 Å². The van der Waals surface area contributed by atoms with Gasteiger partial charge in [0.1, 0.15) is 11.7 Å². The maximum atomic E-state index is 12.9. The molecule has 0 aromatic heterocycles. The Labute approximate surface area is 176 Å². The second kappa shape index (κ2) is 10.3. The number of ether oxygens (including phenoxy) is 2. The van der Waals surface area contributed by atoms with Gasteiger partial charge in [-0.3, -0.25) is 0 Å². The third-order valence-corrected chi connectivity index (χ3v) is 5.08. The molecule has 2 aromatic carbocycles. The molecule has 6 nitrogen and oxygen atoms in total.